The lowest BCUT2D eigenvalue weighted by atomic mass is 10.1. The summed E-state index contributed by atoms with van der Waals surface area (Å²) in [5.41, 5.74) is 3.60. The largest absolute Gasteiger partial charge is 0.332 e. The molecule has 160 valence electrons. The zero-order valence-electron chi connectivity index (χ0n) is 16.8. The van der Waals surface area contributed by atoms with Gasteiger partial charge in [0.15, 0.2) is 5.11 Å². The zero-order chi connectivity index (χ0) is 22.6. The monoisotopic (exact) mass is 517 g/mol. The van der Waals surface area contributed by atoms with Crippen LogP contribution in [0.4, 0.5) is 11.4 Å². The molecule has 31 heavy (non-hydrogen) atoms. The molecule has 0 aliphatic heterocycles. The van der Waals surface area contributed by atoms with Crippen molar-refractivity contribution in [1.82, 2.24) is 5.32 Å². The molecule has 0 saturated heterocycles. The molecule has 0 spiro atoms. The summed E-state index contributed by atoms with van der Waals surface area (Å²) in [5, 5.41) is 5.57. The number of amides is 1. The van der Waals surface area contributed by atoms with Gasteiger partial charge in [-0.25, -0.2) is 8.42 Å². The summed E-state index contributed by atoms with van der Waals surface area (Å²) in [5.74, 6) is -0.346. The fourth-order valence-electron chi connectivity index (χ4n) is 2.68. The first-order valence-corrected chi connectivity index (χ1v) is 11.9. The minimum Gasteiger partial charge on any atom is -0.332 e. The number of hydrogen-bond acceptors (Lipinski definition) is 4. The number of rotatable bonds is 5. The van der Waals surface area contributed by atoms with Crippen LogP contribution in [-0.4, -0.2) is 19.4 Å². The SMILES string of the molecule is Cc1ccc(NS(=O)(=O)c2ccc(NC(=S)NC(=O)c3ccc(Br)cc3)cc2)cc1C. The first kappa shape index (κ1) is 22.9. The van der Waals surface area contributed by atoms with Gasteiger partial charge in [0, 0.05) is 21.4 Å². The predicted molar refractivity (Wildman–Crippen MR) is 131 cm³/mol. The van der Waals surface area contributed by atoms with E-state index < -0.39 is 10.0 Å². The number of sulfonamides is 1. The van der Waals surface area contributed by atoms with E-state index in [0.717, 1.165) is 15.6 Å². The number of benzene rings is 3. The van der Waals surface area contributed by atoms with Crippen molar-refractivity contribution in [1.29, 1.82) is 0 Å². The summed E-state index contributed by atoms with van der Waals surface area (Å²) in [6, 6.07) is 18.3. The Bertz CT molecular complexity index is 1230. The molecule has 6 nitrogen and oxygen atoms in total. The lowest BCUT2D eigenvalue weighted by molar-refractivity contribution is 0.0977. The van der Waals surface area contributed by atoms with Crippen molar-refractivity contribution in [3.8, 4) is 0 Å². The molecular formula is C22H20BrN3O3S2. The summed E-state index contributed by atoms with van der Waals surface area (Å²) in [7, 11) is -3.73. The highest BCUT2D eigenvalue weighted by Crippen LogP contribution is 2.20. The summed E-state index contributed by atoms with van der Waals surface area (Å²) < 4.78 is 28.7. The number of thiocarbonyl (C=S) groups is 1. The summed E-state index contributed by atoms with van der Waals surface area (Å²) >= 11 is 8.49. The van der Waals surface area contributed by atoms with Crippen LogP contribution in [0, 0.1) is 13.8 Å². The van der Waals surface area contributed by atoms with Gasteiger partial charge in [0.1, 0.15) is 0 Å². The first-order chi connectivity index (χ1) is 14.6. The van der Waals surface area contributed by atoms with Crippen LogP contribution in [0.15, 0.2) is 76.1 Å². The van der Waals surface area contributed by atoms with Gasteiger partial charge < -0.3 is 5.32 Å². The second-order valence-corrected chi connectivity index (χ2v) is 9.85. The Morgan fingerprint density at radius 3 is 2.10 bits per heavy atom. The third-order valence-electron chi connectivity index (χ3n) is 4.52. The normalized spacial score (nSPS) is 10.9. The van der Waals surface area contributed by atoms with Gasteiger partial charge in [-0.2, -0.15) is 0 Å². The van der Waals surface area contributed by atoms with Gasteiger partial charge in [0.25, 0.3) is 15.9 Å². The van der Waals surface area contributed by atoms with Gasteiger partial charge >= 0.3 is 0 Å². The first-order valence-electron chi connectivity index (χ1n) is 9.22. The molecule has 0 aromatic heterocycles. The van der Waals surface area contributed by atoms with Crippen molar-refractivity contribution in [2.75, 3.05) is 10.0 Å². The Kier molecular flexibility index (Phi) is 7.09. The van der Waals surface area contributed by atoms with Crippen molar-refractivity contribution in [2.24, 2.45) is 0 Å². The number of halogens is 1. The van der Waals surface area contributed by atoms with Crippen molar-refractivity contribution in [2.45, 2.75) is 18.7 Å². The lowest BCUT2D eigenvalue weighted by Gasteiger charge is -2.12. The summed E-state index contributed by atoms with van der Waals surface area (Å²) in [6.07, 6.45) is 0. The molecule has 0 atom stereocenters. The topological polar surface area (TPSA) is 87.3 Å². The molecule has 0 fully saturated rings. The van der Waals surface area contributed by atoms with Crippen LogP contribution >= 0.6 is 28.1 Å². The second kappa shape index (κ2) is 9.59. The molecular weight excluding hydrogens is 498 g/mol. The minimum atomic E-state index is -3.73. The highest BCUT2D eigenvalue weighted by Gasteiger charge is 2.15. The number of anilines is 2. The van der Waals surface area contributed by atoms with Crippen molar-refractivity contribution >= 4 is 60.6 Å². The highest BCUT2D eigenvalue weighted by molar-refractivity contribution is 9.10. The van der Waals surface area contributed by atoms with Crippen molar-refractivity contribution in [3.05, 3.63) is 87.9 Å². The minimum absolute atomic E-state index is 0.108. The van der Waals surface area contributed by atoms with Crippen molar-refractivity contribution in [3.63, 3.8) is 0 Å². The van der Waals surface area contributed by atoms with Crippen LogP contribution < -0.4 is 15.4 Å². The van der Waals surface area contributed by atoms with E-state index in [0.29, 0.717) is 16.9 Å². The third kappa shape index (κ3) is 6.13. The van der Waals surface area contributed by atoms with Gasteiger partial charge in [-0.3, -0.25) is 14.8 Å². The van der Waals surface area contributed by atoms with Crippen LogP contribution in [-0.2, 0) is 10.0 Å². The van der Waals surface area contributed by atoms with E-state index in [1.807, 2.05) is 19.9 Å². The Hall–Kier alpha value is -2.75. The van der Waals surface area contributed by atoms with Crippen LogP contribution in [0.2, 0.25) is 0 Å². The predicted octanol–water partition coefficient (Wildman–Crippen LogP) is 4.99. The Morgan fingerprint density at radius 2 is 1.48 bits per heavy atom. The number of nitrogens with one attached hydrogen (secondary N) is 3. The van der Waals surface area contributed by atoms with E-state index in [1.54, 1.807) is 48.5 Å². The molecule has 0 radical (unpaired) electrons. The molecule has 0 unspecified atom stereocenters. The molecule has 3 aromatic rings. The van der Waals surface area contributed by atoms with E-state index in [4.69, 9.17) is 12.2 Å². The molecule has 9 heteroatoms. The van der Waals surface area contributed by atoms with E-state index in [-0.39, 0.29) is 15.9 Å². The molecule has 3 aromatic carbocycles. The number of carbonyl (C=O) groups is 1. The van der Waals surface area contributed by atoms with Gasteiger partial charge in [0.05, 0.1) is 4.90 Å². The van der Waals surface area contributed by atoms with Gasteiger partial charge in [-0.15, -0.1) is 0 Å². The fraction of sp³-hybridized carbons (Fsp3) is 0.0909. The van der Waals surface area contributed by atoms with Gasteiger partial charge in [-0.1, -0.05) is 22.0 Å². The van der Waals surface area contributed by atoms with E-state index >= 15 is 0 Å². The van der Waals surface area contributed by atoms with Crippen molar-refractivity contribution < 1.29 is 13.2 Å². The van der Waals surface area contributed by atoms with E-state index in [9.17, 15) is 13.2 Å². The average Bonchev–Trinajstić information content (AvgIpc) is 2.71. The maximum Gasteiger partial charge on any atom is 0.261 e. The van der Waals surface area contributed by atoms with Gasteiger partial charge in [-0.05, 0) is 97.9 Å². The smallest absolute Gasteiger partial charge is 0.261 e. The number of aryl methyl sites for hydroxylation is 2. The molecule has 0 aliphatic carbocycles. The summed E-state index contributed by atoms with van der Waals surface area (Å²) in [4.78, 5) is 12.3. The second-order valence-electron chi connectivity index (χ2n) is 6.84. The Labute approximate surface area is 195 Å². The standard InChI is InChI=1S/C22H20BrN3O3S2/c1-14-3-8-19(13-15(14)2)26-31(28,29)20-11-9-18(10-12-20)24-22(30)25-21(27)16-4-6-17(23)7-5-16/h3-13,26H,1-2H3,(H2,24,25,27,30). The van der Waals surface area contributed by atoms with Crippen LogP contribution in [0.1, 0.15) is 21.5 Å². The highest BCUT2D eigenvalue weighted by atomic mass is 79.9. The quantitative estimate of drug-likeness (QED) is 0.414. The van der Waals surface area contributed by atoms with E-state index in [2.05, 4.69) is 31.3 Å². The van der Waals surface area contributed by atoms with E-state index in [1.165, 1.54) is 12.1 Å². The fourth-order valence-corrected chi connectivity index (χ4v) is 4.20. The lowest BCUT2D eigenvalue weighted by Crippen LogP contribution is -2.34. The Morgan fingerprint density at radius 1 is 0.871 bits per heavy atom. The Balaban J connectivity index is 1.63. The molecule has 3 N–H and O–H groups in total. The maximum absolute atomic E-state index is 12.6. The third-order valence-corrected chi connectivity index (χ3v) is 6.65. The average molecular weight is 518 g/mol. The summed E-state index contributed by atoms with van der Waals surface area (Å²) in [6.45, 7) is 3.89. The van der Waals surface area contributed by atoms with Crippen LogP contribution in [0.5, 0.6) is 0 Å². The molecule has 3 rings (SSSR count). The number of carbonyl (C=O) groups excluding carboxylic acids is 1. The zero-order valence-corrected chi connectivity index (χ0v) is 20.0. The van der Waals surface area contributed by atoms with Crippen LogP contribution in [0.3, 0.4) is 0 Å². The number of hydrogen-bond donors (Lipinski definition) is 3. The molecule has 0 heterocycles. The molecule has 0 saturated carbocycles. The molecule has 0 aliphatic rings. The van der Waals surface area contributed by atoms with Crippen LogP contribution in [0.25, 0.3) is 0 Å². The maximum atomic E-state index is 12.6. The molecule has 0 bridgehead atoms. The molecule has 1 amide bonds. The van der Waals surface area contributed by atoms with Gasteiger partial charge in [0.2, 0.25) is 0 Å².